The van der Waals surface area contributed by atoms with Gasteiger partial charge in [0.1, 0.15) is 4.88 Å². The number of nitrogens with two attached hydrogens (primary N) is 1. The Kier molecular flexibility index (Phi) is 6.49. The van der Waals surface area contributed by atoms with Crippen molar-refractivity contribution in [3.8, 4) is 5.69 Å². The molecule has 0 aliphatic carbocycles. The van der Waals surface area contributed by atoms with E-state index >= 15 is 0 Å². The number of ether oxygens (including phenoxy) is 1. The first-order chi connectivity index (χ1) is 14.5. The summed E-state index contributed by atoms with van der Waals surface area (Å²) in [7, 11) is -3.78. The molecule has 0 bridgehead atoms. The molecule has 0 radical (unpaired) electrons. The molecule has 0 amide bonds. The molecule has 0 saturated heterocycles. The van der Waals surface area contributed by atoms with Crippen LogP contribution in [0.3, 0.4) is 0 Å². The molecule has 31 heavy (non-hydrogen) atoms. The van der Waals surface area contributed by atoms with Crippen molar-refractivity contribution in [2.24, 2.45) is 5.14 Å². The smallest absolute Gasteiger partial charge is 0.348 e. The number of benzene rings is 1. The van der Waals surface area contributed by atoms with Gasteiger partial charge in [-0.2, -0.15) is 0 Å². The van der Waals surface area contributed by atoms with Gasteiger partial charge in [-0.1, -0.05) is 6.92 Å². The number of hydrogen-bond acceptors (Lipinski definition) is 6. The van der Waals surface area contributed by atoms with Crippen LogP contribution in [0.15, 0.2) is 41.3 Å². The fourth-order valence-corrected chi connectivity index (χ4v) is 5.00. The molecule has 164 valence electrons. The fraction of sp³-hybridized carbons (Fsp3) is 0.273. The van der Waals surface area contributed by atoms with E-state index in [0.29, 0.717) is 21.8 Å². The highest BCUT2D eigenvalue weighted by Crippen LogP contribution is 2.24. The van der Waals surface area contributed by atoms with Crippen LogP contribution in [0, 0.1) is 20.8 Å². The van der Waals surface area contributed by atoms with E-state index in [2.05, 4.69) is 0 Å². The SMILES string of the molecule is CCc1cc(C(=O)OCC(=O)c2cc(C)n(-c3ccc(S(N)(=O)=O)cc3)c2C)sc1C. The van der Waals surface area contributed by atoms with Gasteiger partial charge in [-0.25, -0.2) is 18.4 Å². The van der Waals surface area contributed by atoms with E-state index in [1.54, 1.807) is 25.1 Å². The van der Waals surface area contributed by atoms with Gasteiger partial charge in [0.2, 0.25) is 15.8 Å². The van der Waals surface area contributed by atoms with E-state index in [1.165, 1.54) is 23.5 Å². The van der Waals surface area contributed by atoms with E-state index in [0.717, 1.165) is 22.6 Å². The van der Waals surface area contributed by atoms with Crippen molar-refractivity contribution >= 4 is 33.1 Å². The molecular weight excluding hydrogens is 436 g/mol. The van der Waals surface area contributed by atoms with E-state index in [9.17, 15) is 18.0 Å². The van der Waals surface area contributed by atoms with Crippen molar-refractivity contribution in [3.05, 3.63) is 68.7 Å². The van der Waals surface area contributed by atoms with Crippen molar-refractivity contribution in [1.29, 1.82) is 0 Å². The van der Waals surface area contributed by atoms with Gasteiger partial charge in [0, 0.05) is 27.5 Å². The first-order valence-electron chi connectivity index (χ1n) is 9.64. The molecule has 0 spiro atoms. The quantitative estimate of drug-likeness (QED) is 0.427. The highest BCUT2D eigenvalue weighted by atomic mass is 32.2. The summed E-state index contributed by atoms with van der Waals surface area (Å²) >= 11 is 1.36. The van der Waals surface area contributed by atoms with Crippen LogP contribution in [-0.4, -0.2) is 31.3 Å². The summed E-state index contributed by atoms with van der Waals surface area (Å²) in [6, 6.07) is 9.62. The summed E-state index contributed by atoms with van der Waals surface area (Å²) in [6.45, 7) is 7.24. The predicted molar refractivity (Wildman–Crippen MR) is 120 cm³/mol. The maximum Gasteiger partial charge on any atom is 0.348 e. The van der Waals surface area contributed by atoms with Crippen molar-refractivity contribution in [1.82, 2.24) is 4.57 Å². The molecule has 0 aliphatic heterocycles. The number of aryl methyl sites for hydroxylation is 3. The summed E-state index contributed by atoms with van der Waals surface area (Å²) in [5.74, 6) is -0.814. The van der Waals surface area contributed by atoms with Gasteiger partial charge < -0.3 is 9.30 Å². The summed E-state index contributed by atoms with van der Waals surface area (Å²) in [5.41, 5.74) is 3.69. The number of aromatic nitrogens is 1. The van der Waals surface area contributed by atoms with Gasteiger partial charge >= 0.3 is 5.97 Å². The molecule has 0 unspecified atom stereocenters. The molecule has 0 fully saturated rings. The molecule has 0 saturated carbocycles. The number of rotatable bonds is 7. The molecule has 2 heterocycles. The molecule has 2 N–H and O–H groups in total. The molecule has 2 aromatic heterocycles. The highest BCUT2D eigenvalue weighted by molar-refractivity contribution is 7.89. The number of thiophene rings is 1. The zero-order chi connectivity index (χ0) is 22.9. The normalized spacial score (nSPS) is 11.5. The summed E-state index contributed by atoms with van der Waals surface area (Å²) in [5, 5.41) is 5.15. The minimum absolute atomic E-state index is 0.0111. The number of ketones is 1. The second kappa shape index (κ2) is 8.78. The number of esters is 1. The Balaban J connectivity index is 1.77. The molecule has 9 heteroatoms. The van der Waals surface area contributed by atoms with Crippen LogP contribution in [0.4, 0.5) is 0 Å². The largest absolute Gasteiger partial charge is 0.453 e. The first kappa shape index (κ1) is 22.9. The summed E-state index contributed by atoms with van der Waals surface area (Å²) in [6.07, 6.45) is 0.832. The number of hydrogen-bond donors (Lipinski definition) is 1. The number of carbonyl (C=O) groups is 2. The second-order valence-electron chi connectivity index (χ2n) is 7.20. The van der Waals surface area contributed by atoms with Gasteiger partial charge in [-0.3, -0.25) is 4.79 Å². The molecule has 3 aromatic rings. The minimum atomic E-state index is -3.78. The molecule has 1 aromatic carbocycles. The van der Waals surface area contributed by atoms with Crippen molar-refractivity contribution in [2.75, 3.05) is 6.61 Å². The van der Waals surface area contributed by atoms with Crippen molar-refractivity contribution < 1.29 is 22.7 Å². The fourth-order valence-electron chi connectivity index (χ4n) is 3.48. The Labute approximate surface area is 185 Å². The maximum absolute atomic E-state index is 12.7. The monoisotopic (exact) mass is 460 g/mol. The molecule has 0 aliphatic rings. The van der Waals surface area contributed by atoms with Crippen molar-refractivity contribution in [2.45, 2.75) is 39.0 Å². The third-order valence-corrected chi connectivity index (χ3v) is 7.09. The lowest BCUT2D eigenvalue weighted by atomic mass is 10.1. The van der Waals surface area contributed by atoms with E-state index < -0.39 is 16.0 Å². The standard InChI is InChI=1S/C22H24N2O5S2/c1-5-16-11-21(30-15(16)4)22(26)29-12-20(25)19-10-13(2)24(14(19)3)17-6-8-18(9-7-17)31(23,27)28/h6-11H,5,12H2,1-4H3,(H2,23,27,28). The Hall–Kier alpha value is -2.75. The van der Waals surface area contributed by atoms with Crippen LogP contribution in [0.2, 0.25) is 0 Å². The van der Waals surface area contributed by atoms with Crippen LogP contribution in [0.5, 0.6) is 0 Å². The average molecular weight is 461 g/mol. The van der Waals surface area contributed by atoms with Gasteiger partial charge in [0.05, 0.1) is 4.90 Å². The number of Topliss-reactive ketones (excluding diaryl/α,β-unsaturated/α-hetero) is 1. The zero-order valence-corrected chi connectivity index (χ0v) is 19.4. The Morgan fingerprint density at radius 2 is 1.74 bits per heavy atom. The van der Waals surface area contributed by atoms with Crippen LogP contribution in [0.1, 0.15) is 48.8 Å². The van der Waals surface area contributed by atoms with Gasteiger partial charge in [0.25, 0.3) is 0 Å². The Bertz CT molecular complexity index is 1250. The third kappa shape index (κ3) is 4.79. The van der Waals surface area contributed by atoms with E-state index in [1.807, 2.05) is 31.4 Å². The topological polar surface area (TPSA) is 108 Å². The Morgan fingerprint density at radius 3 is 2.29 bits per heavy atom. The highest BCUT2D eigenvalue weighted by Gasteiger charge is 2.20. The van der Waals surface area contributed by atoms with Crippen LogP contribution >= 0.6 is 11.3 Å². The van der Waals surface area contributed by atoms with E-state index in [-0.39, 0.29) is 17.3 Å². The lowest BCUT2D eigenvalue weighted by Crippen LogP contribution is -2.14. The van der Waals surface area contributed by atoms with Crippen LogP contribution in [0.25, 0.3) is 5.69 Å². The number of sulfonamides is 1. The summed E-state index contributed by atoms with van der Waals surface area (Å²) in [4.78, 5) is 26.6. The molecule has 3 rings (SSSR count). The number of carbonyl (C=O) groups excluding carboxylic acids is 2. The minimum Gasteiger partial charge on any atom is -0.453 e. The zero-order valence-electron chi connectivity index (χ0n) is 17.8. The van der Waals surface area contributed by atoms with E-state index in [4.69, 9.17) is 9.88 Å². The first-order valence-corrected chi connectivity index (χ1v) is 12.0. The molecular formula is C22H24N2O5S2. The average Bonchev–Trinajstić information content (AvgIpc) is 3.24. The number of primary sulfonamides is 1. The van der Waals surface area contributed by atoms with Crippen molar-refractivity contribution in [3.63, 3.8) is 0 Å². The lowest BCUT2D eigenvalue weighted by Gasteiger charge is -2.10. The third-order valence-electron chi connectivity index (χ3n) is 5.09. The second-order valence-corrected chi connectivity index (χ2v) is 10.0. The molecule has 7 nitrogen and oxygen atoms in total. The lowest BCUT2D eigenvalue weighted by molar-refractivity contribution is 0.0479. The van der Waals surface area contributed by atoms with Gasteiger partial charge in [-0.15, -0.1) is 11.3 Å². The van der Waals surface area contributed by atoms with Gasteiger partial charge in [0.15, 0.2) is 6.61 Å². The number of nitrogens with zero attached hydrogens (tertiary/aromatic N) is 1. The predicted octanol–water partition coefficient (Wildman–Crippen LogP) is 3.71. The summed E-state index contributed by atoms with van der Waals surface area (Å²) < 4.78 is 30.0. The maximum atomic E-state index is 12.7. The van der Waals surface area contributed by atoms with Crippen LogP contribution in [-0.2, 0) is 21.2 Å². The van der Waals surface area contributed by atoms with Gasteiger partial charge in [-0.05, 0) is 69.2 Å². The Morgan fingerprint density at radius 1 is 1.10 bits per heavy atom. The van der Waals surface area contributed by atoms with Crippen LogP contribution < -0.4 is 5.14 Å². The molecule has 0 atom stereocenters.